The molecule has 1 aliphatic heterocycles. The van der Waals surface area contributed by atoms with Gasteiger partial charge in [-0.25, -0.2) is 4.39 Å². The molecule has 1 saturated heterocycles. The molecule has 1 fully saturated rings. The van der Waals surface area contributed by atoms with E-state index < -0.39 is 18.1 Å². The summed E-state index contributed by atoms with van der Waals surface area (Å²) in [7, 11) is 0. The Labute approximate surface area is 71.3 Å². The van der Waals surface area contributed by atoms with Gasteiger partial charge < -0.3 is 10.1 Å². The molecular weight excluding hydrogens is 161 g/mol. The molecule has 1 aliphatic rings. The molecule has 0 aliphatic carbocycles. The normalized spacial score (nSPS) is 28.8. The van der Waals surface area contributed by atoms with Gasteiger partial charge in [0, 0.05) is 6.54 Å². The molecule has 4 heteroatoms. The lowest BCUT2D eigenvalue weighted by Gasteiger charge is -2.21. The predicted molar refractivity (Wildman–Crippen MR) is 42.5 cm³/mol. The molecule has 0 amide bonds. The minimum atomic E-state index is -0.893. The van der Waals surface area contributed by atoms with Gasteiger partial charge in [-0.2, -0.15) is 0 Å². The predicted octanol–water partition coefficient (Wildman–Crippen LogP) is 0.499. The fourth-order valence-corrected chi connectivity index (χ4v) is 1.37. The maximum absolute atomic E-state index is 12.6. The molecule has 3 nitrogen and oxygen atoms in total. The molecule has 1 unspecified atom stereocenters. The molecule has 0 aromatic heterocycles. The number of halogens is 1. The van der Waals surface area contributed by atoms with E-state index in [1.807, 2.05) is 0 Å². The summed E-state index contributed by atoms with van der Waals surface area (Å²) in [5.74, 6) is -0.405. The fraction of sp³-hybridized carbons (Fsp3) is 0.875. The van der Waals surface area contributed by atoms with Crippen molar-refractivity contribution >= 4 is 5.97 Å². The number of esters is 1. The third kappa shape index (κ3) is 1.58. The smallest absolute Gasteiger partial charge is 0.316 e. The Bertz CT molecular complexity index is 166. The van der Waals surface area contributed by atoms with Gasteiger partial charge in [0.15, 0.2) is 0 Å². The highest BCUT2D eigenvalue weighted by molar-refractivity contribution is 5.77. The van der Waals surface area contributed by atoms with Gasteiger partial charge in [-0.1, -0.05) is 0 Å². The maximum Gasteiger partial charge on any atom is 0.316 e. The van der Waals surface area contributed by atoms with E-state index in [-0.39, 0.29) is 0 Å². The molecule has 0 saturated carbocycles. The molecular formula is C8H14FNO2. The zero-order valence-electron chi connectivity index (χ0n) is 7.23. The largest absolute Gasteiger partial charge is 0.465 e. The molecule has 70 valence electrons. The average molecular weight is 175 g/mol. The first-order valence-corrected chi connectivity index (χ1v) is 4.19. The Morgan fingerprint density at radius 3 is 2.92 bits per heavy atom. The Morgan fingerprint density at radius 2 is 2.50 bits per heavy atom. The lowest BCUT2D eigenvalue weighted by atomic mass is 9.89. The first-order chi connectivity index (χ1) is 5.75. The molecule has 12 heavy (non-hydrogen) atoms. The summed E-state index contributed by atoms with van der Waals surface area (Å²) in [5, 5.41) is 2.96. The molecule has 0 aromatic rings. The van der Waals surface area contributed by atoms with Crippen molar-refractivity contribution in [3.8, 4) is 0 Å². The van der Waals surface area contributed by atoms with Gasteiger partial charge in [-0.05, 0) is 19.9 Å². The number of carbonyl (C=O) groups excluding carboxylic acids is 1. The third-order valence-corrected chi connectivity index (χ3v) is 2.21. The van der Waals surface area contributed by atoms with E-state index in [0.717, 1.165) is 0 Å². The van der Waals surface area contributed by atoms with Crippen molar-refractivity contribution in [2.45, 2.75) is 13.3 Å². The topological polar surface area (TPSA) is 38.3 Å². The van der Waals surface area contributed by atoms with Gasteiger partial charge in [0.2, 0.25) is 0 Å². The Morgan fingerprint density at radius 1 is 1.75 bits per heavy atom. The first kappa shape index (κ1) is 9.45. The summed E-state index contributed by atoms with van der Waals surface area (Å²) in [5.41, 5.74) is -0.893. The number of ether oxygens (including phenoxy) is 1. The van der Waals surface area contributed by atoms with Crippen molar-refractivity contribution < 1.29 is 13.9 Å². The molecule has 0 radical (unpaired) electrons. The standard InChI is InChI=1S/C8H14FNO2/c1-2-12-7(11)8(5-9)3-4-10-6-8/h10H,2-6H2,1H3. The second-order valence-corrected chi connectivity index (χ2v) is 3.06. The van der Waals surface area contributed by atoms with Crippen molar-refractivity contribution in [2.75, 3.05) is 26.4 Å². The van der Waals surface area contributed by atoms with Crippen LogP contribution in [0, 0.1) is 5.41 Å². The monoisotopic (exact) mass is 175 g/mol. The van der Waals surface area contributed by atoms with Crippen molar-refractivity contribution in [1.82, 2.24) is 5.32 Å². The van der Waals surface area contributed by atoms with Gasteiger partial charge >= 0.3 is 5.97 Å². The summed E-state index contributed by atoms with van der Waals surface area (Å²) in [6, 6.07) is 0. The number of rotatable bonds is 3. The van der Waals surface area contributed by atoms with E-state index in [1.165, 1.54) is 0 Å². The second-order valence-electron chi connectivity index (χ2n) is 3.06. The number of hydrogen-bond donors (Lipinski definition) is 1. The van der Waals surface area contributed by atoms with Crippen LogP contribution in [0.5, 0.6) is 0 Å². The molecule has 1 heterocycles. The minimum Gasteiger partial charge on any atom is -0.465 e. The van der Waals surface area contributed by atoms with Crippen molar-refractivity contribution in [3.63, 3.8) is 0 Å². The van der Waals surface area contributed by atoms with Crippen molar-refractivity contribution in [2.24, 2.45) is 5.41 Å². The van der Waals surface area contributed by atoms with E-state index >= 15 is 0 Å². The van der Waals surface area contributed by atoms with Gasteiger partial charge in [0.05, 0.1) is 6.61 Å². The number of hydrogen-bond acceptors (Lipinski definition) is 3. The van der Waals surface area contributed by atoms with Crippen molar-refractivity contribution in [1.29, 1.82) is 0 Å². The van der Waals surface area contributed by atoms with Crippen LogP contribution in [0.25, 0.3) is 0 Å². The van der Waals surface area contributed by atoms with Crippen molar-refractivity contribution in [3.05, 3.63) is 0 Å². The van der Waals surface area contributed by atoms with Crippen LogP contribution in [0.4, 0.5) is 4.39 Å². The van der Waals surface area contributed by atoms with Gasteiger partial charge in [0.25, 0.3) is 0 Å². The summed E-state index contributed by atoms with van der Waals surface area (Å²) in [4.78, 5) is 11.3. The highest BCUT2D eigenvalue weighted by atomic mass is 19.1. The zero-order chi connectivity index (χ0) is 9.03. The van der Waals surface area contributed by atoms with Gasteiger partial charge in [-0.15, -0.1) is 0 Å². The Kier molecular flexibility index (Phi) is 3.03. The summed E-state index contributed by atoms with van der Waals surface area (Å²) in [6.07, 6.45) is 0.544. The van der Waals surface area contributed by atoms with Crippen LogP contribution < -0.4 is 5.32 Å². The number of nitrogens with one attached hydrogen (secondary N) is 1. The van der Waals surface area contributed by atoms with Crippen LogP contribution in [0.15, 0.2) is 0 Å². The van der Waals surface area contributed by atoms with E-state index in [0.29, 0.717) is 26.1 Å². The molecule has 0 spiro atoms. The van der Waals surface area contributed by atoms with E-state index in [2.05, 4.69) is 5.32 Å². The lowest BCUT2D eigenvalue weighted by molar-refractivity contribution is -0.155. The minimum absolute atomic E-state index is 0.320. The summed E-state index contributed by atoms with van der Waals surface area (Å²) < 4.78 is 17.4. The first-order valence-electron chi connectivity index (χ1n) is 4.19. The average Bonchev–Trinajstić information content (AvgIpc) is 2.54. The Balaban J connectivity index is 2.59. The highest BCUT2D eigenvalue weighted by Crippen LogP contribution is 2.27. The SMILES string of the molecule is CCOC(=O)C1(CF)CCNC1. The number of alkyl halides is 1. The lowest BCUT2D eigenvalue weighted by Crippen LogP contribution is -2.37. The summed E-state index contributed by atoms with van der Waals surface area (Å²) in [6.45, 7) is 2.52. The highest BCUT2D eigenvalue weighted by Gasteiger charge is 2.42. The molecule has 0 bridgehead atoms. The zero-order valence-corrected chi connectivity index (χ0v) is 7.23. The van der Waals surface area contributed by atoms with Crippen LogP contribution in [0.2, 0.25) is 0 Å². The van der Waals surface area contributed by atoms with Crippen LogP contribution in [-0.4, -0.2) is 32.3 Å². The van der Waals surface area contributed by atoms with E-state index in [4.69, 9.17) is 4.74 Å². The quantitative estimate of drug-likeness (QED) is 0.635. The molecule has 1 rings (SSSR count). The summed E-state index contributed by atoms with van der Waals surface area (Å²) >= 11 is 0. The van der Waals surface area contributed by atoms with Crippen LogP contribution in [0.1, 0.15) is 13.3 Å². The molecule has 1 atom stereocenters. The van der Waals surface area contributed by atoms with Crippen LogP contribution in [-0.2, 0) is 9.53 Å². The van der Waals surface area contributed by atoms with E-state index in [1.54, 1.807) is 6.92 Å². The van der Waals surface area contributed by atoms with E-state index in [9.17, 15) is 9.18 Å². The molecule has 0 aromatic carbocycles. The molecule has 1 N–H and O–H groups in total. The Hall–Kier alpha value is -0.640. The van der Waals surface area contributed by atoms with Crippen LogP contribution in [0.3, 0.4) is 0 Å². The maximum atomic E-state index is 12.6. The fourth-order valence-electron chi connectivity index (χ4n) is 1.37. The third-order valence-electron chi connectivity index (χ3n) is 2.21. The van der Waals surface area contributed by atoms with Gasteiger partial charge in [0.1, 0.15) is 12.1 Å². The van der Waals surface area contributed by atoms with Crippen LogP contribution >= 0.6 is 0 Å². The second kappa shape index (κ2) is 3.85. The van der Waals surface area contributed by atoms with Gasteiger partial charge in [-0.3, -0.25) is 4.79 Å². The number of carbonyl (C=O) groups is 1.